The Bertz CT molecular complexity index is 1480. The van der Waals surface area contributed by atoms with Gasteiger partial charge in [0, 0.05) is 17.9 Å². The van der Waals surface area contributed by atoms with Crippen LogP contribution in [0.15, 0.2) is 46.9 Å². The molecule has 0 radical (unpaired) electrons. The second kappa shape index (κ2) is 16.3. The van der Waals surface area contributed by atoms with Gasteiger partial charge in [0.2, 0.25) is 11.8 Å². The number of benzene rings is 2. The van der Waals surface area contributed by atoms with Crippen molar-refractivity contribution in [3.63, 3.8) is 0 Å². The van der Waals surface area contributed by atoms with Crippen LogP contribution in [0, 0.1) is 0 Å². The predicted octanol–water partition coefficient (Wildman–Crippen LogP) is 2.54. The van der Waals surface area contributed by atoms with E-state index in [2.05, 4.69) is 31.5 Å². The zero-order valence-corrected chi connectivity index (χ0v) is 24.6. The van der Waals surface area contributed by atoms with E-state index >= 15 is 0 Å². The van der Waals surface area contributed by atoms with Crippen molar-refractivity contribution in [1.82, 2.24) is 25.8 Å². The van der Waals surface area contributed by atoms with Crippen molar-refractivity contribution in [3.8, 4) is 11.1 Å². The summed E-state index contributed by atoms with van der Waals surface area (Å²) in [6.07, 6.45) is 1.13. The number of rotatable bonds is 8. The molecule has 216 valence electrons. The van der Waals surface area contributed by atoms with Gasteiger partial charge in [-0.15, -0.1) is 21.5 Å². The van der Waals surface area contributed by atoms with Crippen LogP contribution in [0.2, 0.25) is 0 Å². The van der Waals surface area contributed by atoms with Crippen LogP contribution < -0.4 is 16.4 Å². The van der Waals surface area contributed by atoms with Crippen LogP contribution in [0.3, 0.4) is 0 Å². The Morgan fingerprint density at radius 1 is 1.05 bits per heavy atom. The zero-order valence-electron chi connectivity index (χ0n) is 23.0. The number of amides is 1. The van der Waals surface area contributed by atoms with Crippen LogP contribution in [0.1, 0.15) is 46.2 Å². The van der Waals surface area contributed by atoms with Crippen LogP contribution in [0.4, 0.5) is 0 Å². The van der Waals surface area contributed by atoms with Crippen LogP contribution in [0.25, 0.3) is 21.3 Å². The highest BCUT2D eigenvalue weighted by molar-refractivity contribution is 7.91. The molecule has 2 heterocycles. The van der Waals surface area contributed by atoms with Crippen molar-refractivity contribution in [3.05, 3.63) is 64.8 Å². The summed E-state index contributed by atoms with van der Waals surface area (Å²) >= 11 is 1.26. The Morgan fingerprint density at radius 2 is 1.70 bits per heavy atom. The van der Waals surface area contributed by atoms with Gasteiger partial charge < -0.3 is 30.4 Å². The van der Waals surface area contributed by atoms with E-state index in [9.17, 15) is 13.2 Å². The Balaban J connectivity index is 0.00000125. The minimum absolute atomic E-state index is 0.00380. The van der Waals surface area contributed by atoms with Gasteiger partial charge in [0.1, 0.15) is 18.6 Å². The average molecular weight is 591 g/mol. The third-order valence-electron chi connectivity index (χ3n) is 4.97. The zero-order chi connectivity index (χ0) is 30.5. The average Bonchev–Trinajstić information content (AvgIpc) is 3.57. The quantitative estimate of drug-likeness (QED) is 0.274. The molecule has 12 nitrogen and oxygen atoms in total. The van der Waals surface area contributed by atoms with Crippen molar-refractivity contribution in [2.45, 2.75) is 31.7 Å². The Labute approximate surface area is 237 Å². The number of nitrogens with two attached hydrogens (primary N) is 1. The van der Waals surface area contributed by atoms with Gasteiger partial charge in [-0.3, -0.25) is 4.79 Å². The van der Waals surface area contributed by atoms with Crippen molar-refractivity contribution in [2.75, 3.05) is 20.4 Å². The summed E-state index contributed by atoms with van der Waals surface area (Å²) in [5.41, 5.74) is 7.51. The largest absolute Gasteiger partial charge is 0.422 e. The van der Waals surface area contributed by atoms with E-state index in [-0.39, 0.29) is 17.8 Å². The molecule has 40 heavy (non-hydrogen) atoms. The van der Waals surface area contributed by atoms with Crippen LogP contribution in [-0.4, -0.2) is 69.5 Å². The smallest absolute Gasteiger partial charge is 0.251 e. The molecule has 4 N–H and O–H groups in total. The number of nitrogens with zero attached hydrogens (tertiary/aromatic N) is 3. The van der Waals surface area contributed by atoms with E-state index in [1.807, 2.05) is 63.8 Å². The molecule has 1 unspecified atom stereocenters. The summed E-state index contributed by atoms with van der Waals surface area (Å²) in [7, 11) is -0.389. The molecule has 14 heteroatoms. The molecule has 4 aromatic rings. The minimum Gasteiger partial charge on any atom is -0.422 e. The fraction of sp³-hybridized carbons (Fsp3) is 0.308. The molecule has 0 aliphatic heterocycles. The highest BCUT2D eigenvalue weighted by atomic mass is 32.2. The lowest BCUT2D eigenvalue weighted by molar-refractivity contribution is -0.0987. The molecule has 0 bridgehead atoms. The first-order chi connectivity index (χ1) is 19.2. The van der Waals surface area contributed by atoms with Gasteiger partial charge >= 0.3 is 0 Å². The van der Waals surface area contributed by atoms with Crippen LogP contribution in [0.5, 0.6) is 0 Å². The number of hydrogen-bond acceptors (Lipinski definition) is 12. The first-order valence-electron chi connectivity index (χ1n) is 11.8. The summed E-state index contributed by atoms with van der Waals surface area (Å²) in [5.74, 6) is 0.165. The van der Waals surface area contributed by atoms with E-state index in [0.717, 1.165) is 22.1 Å². The number of carbonyl (C=O) groups is 3. The molecule has 0 saturated carbocycles. The molecule has 2 aromatic heterocycles. The van der Waals surface area contributed by atoms with Gasteiger partial charge in [0.25, 0.3) is 5.91 Å². The standard InChI is InChI=1S/C23H25N5O4S2.CH5N.2CH2O/c1-13(2)25-21(29)16-7-5-6-14(10-16)15-8-9-17-18(11-15)33-23(26-17)20(34(4,30)31)22-28-27-19(32-22)12-24-3;3*1-2/h5-11,13,20,24H,12H2,1-4H3,(H,25,29);2H2,1H3;2*1H2. The van der Waals surface area contributed by atoms with Crippen molar-refractivity contribution >= 4 is 50.9 Å². The molecule has 0 saturated heterocycles. The van der Waals surface area contributed by atoms with E-state index in [4.69, 9.17) is 14.0 Å². The van der Waals surface area contributed by atoms with Crippen LogP contribution in [-0.2, 0) is 26.0 Å². The lowest BCUT2D eigenvalue weighted by Gasteiger charge is -2.09. The molecule has 1 amide bonds. The van der Waals surface area contributed by atoms with Crippen molar-refractivity contribution in [2.24, 2.45) is 5.73 Å². The summed E-state index contributed by atoms with van der Waals surface area (Å²) in [6.45, 7) is 8.16. The predicted molar refractivity (Wildman–Crippen MR) is 156 cm³/mol. The highest BCUT2D eigenvalue weighted by Gasteiger charge is 2.33. The molecule has 1 atom stereocenters. The number of hydrogen-bond donors (Lipinski definition) is 3. The number of aromatic nitrogens is 3. The maximum atomic E-state index is 12.6. The summed E-state index contributed by atoms with van der Waals surface area (Å²) < 4.78 is 31.7. The lowest BCUT2D eigenvalue weighted by Crippen LogP contribution is -2.30. The van der Waals surface area contributed by atoms with Gasteiger partial charge in [-0.1, -0.05) is 18.2 Å². The lowest BCUT2D eigenvalue weighted by atomic mass is 10.0. The van der Waals surface area contributed by atoms with Gasteiger partial charge in [-0.2, -0.15) is 0 Å². The maximum absolute atomic E-state index is 12.6. The van der Waals surface area contributed by atoms with Gasteiger partial charge in [0.05, 0.1) is 16.8 Å². The van der Waals surface area contributed by atoms with E-state index in [0.29, 0.717) is 28.5 Å². The maximum Gasteiger partial charge on any atom is 0.251 e. The topological polar surface area (TPSA) is 187 Å². The molecular formula is C26H34N6O6S2. The Hall–Kier alpha value is -3.85. The Kier molecular flexibility index (Phi) is 13.9. The summed E-state index contributed by atoms with van der Waals surface area (Å²) in [6, 6.07) is 13.1. The first-order valence-corrected chi connectivity index (χ1v) is 14.6. The molecular weight excluding hydrogens is 556 g/mol. The van der Waals surface area contributed by atoms with Crippen molar-refractivity contribution in [1.29, 1.82) is 0 Å². The summed E-state index contributed by atoms with van der Waals surface area (Å²) in [5, 5.41) is 12.9. The van der Waals surface area contributed by atoms with Gasteiger partial charge in [-0.05, 0) is 63.3 Å². The van der Waals surface area contributed by atoms with E-state index in [1.165, 1.54) is 18.4 Å². The number of carbonyl (C=O) groups excluding carboxylic acids is 3. The third kappa shape index (κ3) is 8.84. The Morgan fingerprint density at radius 3 is 2.30 bits per heavy atom. The fourth-order valence-corrected chi connectivity index (χ4v) is 6.02. The minimum atomic E-state index is -3.62. The first kappa shape index (κ1) is 34.2. The molecule has 2 aromatic carbocycles. The van der Waals surface area contributed by atoms with Crippen molar-refractivity contribution < 1.29 is 27.2 Å². The molecule has 0 fully saturated rings. The van der Waals surface area contributed by atoms with E-state index < -0.39 is 15.1 Å². The number of sulfone groups is 1. The SMILES string of the molecule is C=O.C=O.CN.CNCc1nnc(C(c2nc3ccc(-c4cccc(C(=O)NC(C)C)c4)cc3s2)S(C)(=O)=O)o1. The second-order valence-electron chi connectivity index (χ2n) is 8.22. The monoisotopic (exact) mass is 590 g/mol. The highest BCUT2D eigenvalue weighted by Crippen LogP contribution is 2.36. The molecule has 0 aliphatic rings. The number of nitrogens with one attached hydrogen (secondary N) is 2. The molecule has 0 aliphatic carbocycles. The van der Waals surface area contributed by atoms with Gasteiger partial charge in [0.15, 0.2) is 15.1 Å². The summed E-state index contributed by atoms with van der Waals surface area (Å²) in [4.78, 5) is 33.0. The number of thiazole rings is 1. The fourth-order valence-electron chi connectivity index (χ4n) is 3.49. The van der Waals surface area contributed by atoms with Gasteiger partial charge in [-0.25, -0.2) is 13.4 Å². The number of fused-ring (bicyclic) bond motifs is 1. The second-order valence-corrected chi connectivity index (χ2v) is 11.4. The van der Waals surface area contributed by atoms with Crippen LogP contribution >= 0.6 is 11.3 Å². The van der Waals surface area contributed by atoms with E-state index in [1.54, 1.807) is 13.1 Å². The molecule has 0 spiro atoms. The third-order valence-corrected chi connectivity index (χ3v) is 7.48. The molecule has 4 rings (SSSR count). The normalized spacial score (nSPS) is 11.3.